The molecule has 7 heteroatoms. The smallest absolute Gasteiger partial charge is 0.310 e. The van der Waals surface area contributed by atoms with Gasteiger partial charge >= 0.3 is 5.97 Å². The summed E-state index contributed by atoms with van der Waals surface area (Å²) in [6.45, 7) is 20.4. The Morgan fingerprint density at radius 2 is 1.77 bits per heavy atom. The molecule has 7 nitrogen and oxygen atoms in total. The number of nitrogens with two attached hydrogens (primary N) is 1. The molecule has 0 spiro atoms. The maximum absolute atomic E-state index is 13.5. The van der Waals surface area contributed by atoms with Gasteiger partial charge in [-0.3, -0.25) is 14.8 Å². The number of aromatic amines is 1. The second kappa shape index (κ2) is 10.0. The fraction of sp³-hybridized carbons (Fsp3) is 0.750. The molecule has 3 heterocycles. The van der Waals surface area contributed by atoms with Gasteiger partial charge in [-0.25, -0.2) is 0 Å². The first kappa shape index (κ1) is 31.7. The second-order valence-electron chi connectivity index (χ2n) is 19.0. The highest BCUT2D eigenvalue weighted by Gasteiger charge is 2.70. The van der Waals surface area contributed by atoms with Gasteiger partial charge in [-0.15, -0.1) is 0 Å². The number of hydrogen-bond donors (Lipinski definition) is 3. The van der Waals surface area contributed by atoms with Gasteiger partial charge in [0.25, 0.3) is 0 Å². The van der Waals surface area contributed by atoms with Crippen LogP contribution in [0.15, 0.2) is 22.3 Å². The van der Waals surface area contributed by atoms with Crippen molar-refractivity contribution in [2.24, 2.45) is 44.8 Å². The number of rotatable bonds is 4. The summed E-state index contributed by atoms with van der Waals surface area (Å²) in [5.41, 5.74) is 12.5. The van der Waals surface area contributed by atoms with Gasteiger partial charge in [0.1, 0.15) is 11.6 Å². The Kier molecular flexibility index (Phi) is 6.76. The van der Waals surface area contributed by atoms with Crippen LogP contribution in [0.1, 0.15) is 135 Å². The molecule has 0 radical (unpaired) electrons. The van der Waals surface area contributed by atoms with Gasteiger partial charge in [0.2, 0.25) is 0 Å². The number of nitrogens with zero attached hydrogens (tertiary/aromatic N) is 2. The van der Waals surface area contributed by atoms with Crippen LogP contribution in [0, 0.1) is 44.8 Å². The van der Waals surface area contributed by atoms with E-state index in [1.54, 1.807) is 0 Å². The van der Waals surface area contributed by atoms with Crippen LogP contribution < -0.4 is 5.73 Å². The summed E-state index contributed by atoms with van der Waals surface area (Å²) < 4.78 is 6.40. The number of furan rings is 1. The number of nitrogens with one attached hydrogen (secondary N) is 1. The molecule has 3 saturated carbocycles. The zero-order valence-corrected chi connectivity index (χ0v) is 30.0. The number of fused-ring (bicyclic) bond motifs is 8. The predicted octanol–water partition coefficient (Wildman–Crippen LogP) is 8.61. The van der Waals surface area contributed by atoms with E-state index in [0.29, 0.717) is 11.8 Å². The molecule has 3 unspecified atom stereocenters. The number of carboxylic acids is 1. The third-order valence-electron chi connectivity index (χ3n) is 16.0. The van der Waals surface area contributed by atoms with Gasteiger partial charge in [0, 0.05) is 16.5 Å². The maximum Gasteiger partial charge on any atom is 0.310 e. The molecule has 0 aromatic carbocycles. The number of carboxylic acid groups (broad SMARTS) is 1. The first-order valence-electron chi connectivity index (χ1n) is 18.7. The van der Waals surface area contributed by atoms with Crippen molar-refractivity contribution in [1.82, 2.24) is 15.1 Å². The topological polar surface area (TPSA) is 108 Å². The number of hydrogen-bond acceptors (Lipinski definition) is 5. The molecule has 7 atom stereocenters. The number of anilines is 1. The van der Waals surface area contributed by atoms with Gasteiger partial charge in [0.05, 0.1) is 23.9 Å². The minimum Gasteiger partial charge on any atom is -0.481 e. The normalized spacial score (nSPS) is 40.6. The van der Waals surface area contributed by atoms with Crippen LogP contribution in [-0.4, -0.2) is 39.3 Å². The van der Waals surface area contributed by atoms with Crippen LogP contribution >= 0.6 is 0 Å². The van der Waals surface area contributed by atoms with Crippen molar-refractivity contribution >= 4 is 17.4 Å². The van der Waals surface area contributed by atoms with Gasteiger partial charge in [0.15, 0.2) is 0 Å². The summed E-state index contributed by atoms with van der Waals surface area (Å²) in [6, 6.07) is 2.24. The molecule has 6 aliphatic rings. The van der Waals surface area contributed by atoms with Crippen molar-refractivity contribution in [2.45, 2.75) is 131 Å². The number of aliphatic carboxylic acids is 1. The van der Waals surface area contributed by atoms with Crippen molar-refractivity contribution in [3.05, 3.63) is 40.5 Å². The molecule has 47 heavy (non-hydrogen) atoms. The largest absolute Gasteiger partial charge is 0.481 e. The lowest BCUT2D eigenvalue weighted by atomic mass is 9.33. The summed E-state index contributed by atoms with van der Waals surface area (Å²) in [5, 5.41) is 19.1. The maximum atomic E-state index is 13.5. The number of nitrogen functional groups attached to an aromatic ring is 1. The Balaban J connectivity index is 1.36. The monoisotopic (exact) mass is 642 g/mol. The minimum atomic E-state index is -0.689. The minimum absolute atomic E-state index is 0.0211. The zero-order chi connectivity index (χ0) is 33.4. The average Bonchev–Trinajstić information content (AvgIpc) is 3.76. The van der Waals surface area contributed by atoms with Crippen LogP contribution in [0.4, 0.5) is 5.82 Å². The second-order valence-corrected chi connectivity index (χ2v) is 19.0. The quantitative estimate of drug-likeness (QED) is 0.308. The van der Waals surface area contributed by atoms with Crippen LogP contribution in [0.25, 0.3) is 5.57 Å². The van der Waals surface area contributed by atoms with Gasteiger partial charge in [-0.05, 0) is 135 Å². The van der Waals surface area contributed by atoms with Crippen LogP contribution in [0.3, 0.4) is 0 Å². The fourth-order valence-electron chi connectivity index (χ4n) is 13.3. The Hall–Kier alpha value is -2.54. The molecular weight excluding hydrogens is 584 g/mol. The zero-order valence-electron chi connectivity index (χ0n) is 30.0. The highest BCUT2D eigenvalue weighted by molar-refractivity contribution is 5.80. The van der Waals surface area contributed by atoms with Crippen LogP contribution in [0.5, 0.6) is 0 Å². The third-order valence-corrected chi connectivity index (χ3v) is 16.0. The van der Waals surface area contributed by atoms with E-state index in [4.69, 9.17) is 15.2 Å². The highest BCUT2D eigenvalue weighted by atomic mass is 16.4. The van der Waals surface area contributed by atoms with Gasteiger partial charge in [-0.1, -0.05) is 54.0 Å². The molecule has 2 aromatic heterocycles. The van der Waals surface area contributed by atoms with Crippen molar-refractivity contribution in [1.29, 1.82) is 0 Å². The number of carbonyl (C=O) groups is 1. The van der Waals surface area contributed by atoms with Gasteiger partial charge in [-0.2, -0.15) is 5.10 Å². The molecule has 1 aliphatic heterocycles. The van der Waals surface area contributed by atoms with E-state index in [0.717, 1.165) is 94.7 Å². The first-order chi connectivity index (χ1) is 22.1. The highest BCUT2D eigenvalue weighted by Crippen LogP contribution is 2.77. The van der Waals surface area contributed by atoms with E-state index < -0.39 is 11.4 Å². The lowest BCUT2D eigenvalue weighted by molar-refractivity contribution is -0.175. The third kappa shape index (κ3) is 4.13. The standard InChI is InChI=1S/C40H58N4O3/c1-35(2)13-15-40(34(45)46)16-14-39(7)31(27(40)22-35)25(24-11-19-47-28(24)23-44-17-8-9-18-44)20-30-37(5)21-26-32(42-43-33(26)41)36(3,4)29(37)10-12-38(30,39)6/h11,19,27,29-30H,8-10,12-18,20-23H2,1-7H3,(H,45,46)(H3,41,42,43)/t27?,29?,30?,37-,38+,39+,40-/m0/s1. The summed E-state index contributed by atoms with van der Waals surface area (Å²) in [7, 11) is 0. The summed E-state index contributed by atoms with van der Waals surface area (Å²) in [4.78, 5) is 16.1. The lowest BCUT2D eigenvalue weighted by Gasteiger charge is -2.71. The Morgan fingerprint density at radius 1 is 1.04 bits per heavy atom. The molecular formula is C40H58N4O3. The van der Waals surface area contributed by atoms with E-state index in [2.05, 4.69) is 64.5 Å². The van der Waals surface area contributed by atoms with Crippen LogP contribution in [0.2, 0.25) is 0 Å². The van der Waals surface area contributed by atoms with E-state index in [9.17, 15) is 9.90 Å². The fourth-order valence-corrected chi connectivity index (χ4v) is 13.3. The molecule has 2 aromatic rings. The molecule has 5 aliphatic carbocycles. The van der Waals surface area contributed by atoms with Crippen molar-refractivity contribution in [3.63, 3.8) is 0 Å². The van der Waals surface area contributed by atoms with E-state index in [1.807, 2.05) is 6.26 Å². The molecule has 4 N–H and O–H groups in total. The van der Waals surface area contributed by atoms with E-state index >= 15 is 0 Å². The summed E-state index contributed by atoms with van der Waals surface area (Å²) in [5.74, 6) is 2.17. The van der Waals surface area contributed by atoms with Crippen LogP contribution in [-0.2, 0) is 23.2 Å². The SMILES string of the molecule is CC1(C)CC[C@]2(C(=O)O)CC[C@]3(C)C(=C(c4ccoc4CN4CCCC4)CC4[C@@]5(C)Cc6c(n[nH]c6N)C(C)(C)C5CC[C@]43C)C2C1. The molecule has 0 bridgehead atoms. The first-order valence-corrected chi connectivity index (χ1v) is 18.7. The molecule has 256 valence electrons. The summed E-state index contributed by atoms with van der Waals surface area (Å²) in [6.07, 6.45) is 13.0. The Labute approximate surface area is 281 Å². The van der Waals surface area contributed by atoms with Gasteiger partial charge < -0.3 is 15.3 Å². The molecule has 0 amide bonds. The number of likely N-dealkylation sites (tertiary alicyclic amines) is 1. The Bertz CT molecular complexity index is 1640. The number of allylic oxidation sites excluding steroid dienone is 2. The summed E-state index contributed by atoms with van der Waals surface area (Å²) >= 11 is 0. The van der Waals surface area contributed by atoms with E-state index in [1.165, 1.54) is 35.1 Å². The number of aromatic nitrogens is 2. The van der Waals surface area contributed by atoms with Crippen molar-refractivity contribution in [2.75, 3.05) is 18.8 Å². The lowest BCUT2D eigenvalue weighted by Crippen LogP contribution is -2.65. The average molecular weight is 643 g/mol. The van der Waals surface area contributed by atoms with E-state index in [-0.39, 0.29) is 33.0 Å². The number of H-pyrrole nitrogens is 1. The molecule has 1 saturated heterocycles. The Morgan fingerprint density at radius 3 is 2.49 bits per heavy atom. The molecule has 8 rings (SSSR count). The van der Waals surface area contributed by atoms with Crippen molar-refractivity contribution in [3.8, 4) is 0 Å². The molecule has 4 fully saturated rings. The van der Waals surface area contributed by atoms with Crippen molar-refractivity contribution < 1.29 is 14.3 Å². The predicted molar refractivity (Wildman–Crippen MR) is 185 cm³/mol.